The number of anilines is 2. The zero-order chi connectivity index (χ0) is 18.1. The van der Waals surface area contributed by atoms with Gasteiger partial charge in [0.15, 0.2) is 5.82 Å². The van der Waals surface area contributed by atoms with Crippen LogP contribution in [0.5, 0.6) is 5.75 Å². The summed E-state index contributed by atoms with van der Waals surface area (Å²) in [6.07, 6.45) is 1.71. The molecule has 0 radical (unpaired) electrons. The first-order valence-corrected chi connectivity index (χ1v) is 9.68. The zero-order valence-corrected chi connectivity index (χ0v) is 15.4. The van der Waals surface area contributed by atoms with E-state index in [4.69, 9.17) is 5.73 Å². The van der Waals surface area contributed by atoms with Crippen molar-refractivity contribution in [3.05, 3.63) is 30.3 Å². The van der Waals surface area contributed by atoms with Crippen molar-refractivity contribution >= 4 is 22.5 Å². The Balaban J connectivity index is 1.94. The molecule has 1 aliphatic heterocycles. The normalized spacial score (nSPS) is 22.8. The number of benzene rings is 1. The molecule has 0 bridgehead atoms. The highest BCUT2D eigenvalue weighted by Gasteiger charge is 2.32. The summed E-state index contributed by atoms with van der Waals surface area (Å²) in [7, 11) is -1.01. The summed E-state index contributed by atoms with van der Waals surface area (Å²) in [5.41, 5.74) is 8.05. The van der Waals surface area contributed by atoms with Gasteiger partial charge in [0, 0.05) is 37.0 Å². The number of para-hydroxylation sites is 1. The maximum Gasteiger partial charge on any atom is 0.169 e. The smallest absolute Gasteiger partial charge is 0.169 e. The van der Waals surface area contributed by atoms with Gasteiger partial charge in [-0.15, -0.1) is 10.2 Å². The van der Waals surface area contributed by atoms with E-state index in [1.807, 2.05) is 16.4 Å². The van der Waals surface area contributed by atoms with Crippen LogP contribution >= 0.6 is 0 Å². The van der Waals surface area contributed by atoms with Gasteiger partial charge in [-0.25, -0.2) is 8.51 Å². The highest BCUT2D eigenvalue weighted by atomic mass is 32.2. The molecule has 2 heterocycles. The van der Waals surface area contributed by atoms with E-state index < -0.39 is 11.0 Å². The number of rotatable bonds is 3. The molecule has 3 N–H and O–H groups in total. The van der Waals surface area contributed by atoms with E-state index in [1.54, 1.807) is 24.5 Å². The van der Waals surface area contributed by atoms with Gasteiger partial charge < -0.3 is 15.7 Å². The Morgan fingerprint density at radius 1 is 1.20 bits per heavy atom. The Kier molecular flexibility index (Phi) is 4.91. The third-order valence-corrected chi connectivity index (χ3v) is 5.77. The van der Waals surface area contributed by atoms with E-state index in [2.05, 4.69) is 28.9 Å². The number of phenolic OH excluding ortho intramolecular Hbond substituents is 1. The fourth-order valence-corrected chi connectivity index (χ4v) is 4.62. The van der Waals surface area contributed by atoms with Crippen LogP contribution < -0.4 is 10.6 Å². The maximum atomic E-state index is 12.0. The van der Waals surface area contributed by atoms with Crippen LogP contribution in [0.1, 0.15) is 13.8 Å². The highest BCUT2D eigenvalue weighted by molar-refractivity contribution is 7.81. The van der Waals surface area contributed by atoms with E-state index >= 15 is 0 Å². The first-order valence-electron chi connectivity index (χ1n) is 8.17. The van der Waals surface area contributed by atoms with Crippen molar-refractivity contribution in [2.75, 3.05) is 30.0 Å². The largest absolute Gasteiger partial charge is 0.507 e. The molecule has 134 valence electrons. The van der Waals surface area contributed by atoms with Crippen molar-refractivity contribution in [3.8, 4) is 17.0 Å². The van der Waals surface area contributed by atoms with E-state index in [0.717, 1.165) is 5.69 Å². The van der Waals surface area contributed by atoms with Crippen molar-refractivity contribution in [1.29, 1.82) is 0 Å². The number of aromatic nitrogens is 2. The number of aromatic hydroxyl groups is 1. The second-order valence-corrected chi connectivity index (χ2v) is 7.67. The van der Waals surface area contributed by atoms with Crippen molar-refractivity contribution in [1.82, 2.24) is 14.5 Å². The van der Waals surface area contributed by atoms with Crippen molar-refractivity contribution in [2.45, 2.75) is 25.9 Å². The van der Waals surface area contributed by atoms with E-state index in [1.165, 1.54) is 0 Å². The number of nitrogen functional groups attached to an aromatic ring is 1. The zero-order valence-electron chi connectivity index (χ0n) is 14.6. The van der Waals surface area contributed by atoms with Gasteiger partial charge in [0.2, 0.25) is 0 Å². The average Bonchev–Trinajstić information content (AvgIpc) is 2.55. The van der Waals surface area contributed by atoms with Crippen LogP contribution in [-0.4, -0.2) is 55.2 Å². The van der Waals surface area contributed by atoms with Crippen LogP contribution in [0.4, 0.5) is 11.5 Å². The molecule has 1 aliphatic rings. The van der Waals surface area contributed by atoms with Crippen LogP contribution in [0.3, 0.4) is 0 Å². The molecule has 8 heteroatoms. The van der Waals surface area contributed by atoms with Gasteiger partial charge in [-0.05, 0) is 32.0 Å². The van der Waals surface area contributed by atoms with E-state index in [0.29, 0.717) is 30.2 Å². The lowest BCUT2D eigenvalue weighted by molar-refractivity contribution is 0.254. The third kappa shape index (κ3) is 3.45. The minimum atomic E-state index is -1.01. The maximum absolute atomic E-state index is 12.0. The molecule has 7 nitrogen and oxygen atoms in total. The second-order valence-electron chi connectivity index (χ2n) is 6.40. The standard InChI is InChI=1S/C17H23N5O2S/c1-11-9-21(10-12(2)22(11)25(3)24)15-8-14(19-20-17(15)18)13-6-4-5-7-16(13)23/h4-8,11-12,23H,9-10H2,1-3H3,(H2,18,20)/t11-,12-,25?/m0/s1. The number of nitrogens with zero attached hydrogens (tertiary/aromatic N) is 4. The first kappa shape index (κ1) is 17.6. The van der Waals surface area contributed by atoms with Crippen LogP contribution in [0, 0.1) is 0 Å². The Hall–Kier alpha value is -2.19. The molecule has 3 atom stereocenters. The predicted molar refractivity (Wildman–Crippen MR) is 101 cm³/mol. The SMILES string of the molecule is C[C@H]1CN(c2cc(-c3ccccc3O)nnc2N)C[C@H](C)N1S(C)=O. The summed E-state index contributed by atoms with van der Waals surface area (Å²) >= 11 is 0. The predicted octanol–water partition coefficient (Wildman–Crippen LogP) is 1.62. The summed E-state index contributed by atoms with van der Waals surface area (Å²) in [4.78, 5) is 2.15. The van der Waals surface area contributed by atoms with Crippen LogP contribution in [0.2, 0.25) is 0 Å². The average molecular weight is 361 g/mol. The molecule has 0 saturated carbocycles. The minimum absolute atomic E-state index is 0.121. The highest BCUT2D eigenvalue weighted by Crippen LogP contribution is 2.32. The lowest BCUT2D eigenvalue weighted by atomic mass is 10.1. The number of piperazine rings is 1. The minimum Gasteiger partial charge on any atom is -0.507 e. The van der Waals surface area contributed by atoms with Crippen molar-refractivity contribution in [2.24, 2.45) is 0 Å². The Bertz CT molecular complexity index is 788. The molecule has 0 amide bonds. The molecule has 1 unspecified atom stereocenters. The van der Waals surface area contributed by atoms with Gasteiger partial charge in [-0.1, -0.05) is 12.1 Å². The molecule has 1 fully saturated rings. The molecule has 1 aromatic carbocycles. The van der Waals surface area contributed by atoms with Gasteiger partial charge in [-0.3, -0.25) is 0 Å². The Labute approximate surface area is 150 Å². The van der Waals surface area contributed by atoms with Crippen molar-refractivity contribution in [3.63, 3.8) is 0 Å². The van der Waals surface area contributed by atoms with Crippen LogP contribution in [0.15, 0.2) is 30.3 Å². The molecular formula is C17H23N5O2S. The topological polar surface area (TPSA) is 95.6 Å². The van der Waals surface area contributed by atoms with Crippen molar-refractivity contribution < 1.29 is 9.32 Å². The van der Waals surface area contributed by atoms with Gasteiger partial charge in [-0.2, -0.15) is 0 Å². The fraction of sp³-hybridized carbons (Fsp3) is 0.412. The van der Waals surface area contributed by atoms with Crippen LogP contribution in [0.25, 0.3) is 11.3 Å². The summed E-state index contributed by atoms with van der Waals surface area (Å²) < 4.78 is 14.0. The molecule has 1 aromatic heterocycles. The molecule has 2 aromatic rings. The van der Waals surface area contributed by atoms with Crippen LogP contribution in [-0.2, 0) is 11.0 Å². The molecule has 1 saturated heterocycles. The lowest BCUT2D eigenvalue weighted by Gasteiger charge is -2.43. The number of hydrogen-bond acceptors (Lipinski definition) is 6. The lowest BCUT2D eigenvalue weighted by Crippen LogP contribution is -2.57. The second kappa shape index (κ2) is 6.97. The third-order valence-electron chi connectivity index (χ3n) is 4.46. The molecule has 0 spiro atoms. The summed E-state index contributed by atoms with van der Waals surface area (Å²) in [6, 6.07) is 9.11. The monoisotopic (exact) mass is 361 g/mol. The quantitative estimate of drug-likeness (QED) is 0.863. The summed E-state index contributed by atoms with van der Waals surface area (Å²) in [5.74, 6) is 0.505. The molecule has 25 heavy (non-hydrogen) atoms. The Morgan fingerprint density at radius 3 is 2.44 bits per heavy atom. The number of hydrogen-bond donors (Lipinski definition) is 2. The number of nitrogens with two attached hydrogens (primary N) is 1. The number of phenols is 1. The summed E-state index contributed by atoms with van der Waals surface area (Å²) in [6.45, 7) is 5.50. The summed E-state index contributed by atoms with van der Waals surface area (Å²) in [5, 5.41) is 18.3. The Morgan fingerprint density at radius 2 is 1.84 bits per heavy atom. The van der Waals surface area contributed by atoms with E-state index in [9.17, 15) is 9.32 Å². The van der Waals surface area contributed by atoms with E-state index in [-0.39, 0.29) is 17.8 Å². The fourth-order valence-electron chi connectivity index (χ4n) is 3.48. The van der Waals surface area contributed by atoms with Gasteiger partial charge >= 0.3 is 0 Å². The molecule has 3 rings (SSSR count). The molecular weight excluding hydrogens is 338 g/mol. The first-order chi connectivity index (χ1) is 11.9. The van der Waals surface area contributed by atoms with Gasteiger partial charge in [0.1, 0.15) is 5.75 Å². The van der Waals surface area contributed by atoms with Gasteiger partial charge in [0.25, 0.3) is 0 Å². The van der Waals surface area contributed by atoms with Gasteiger partial charge in [0.05, 0.1) is 22.4 Å². The molecule has 0 aliphatic carbocycles.